The molecular weight excluding hydrogens is 464 g/mol. The van der Waals surface area contributed by atoms with Gasteiger partial charge < -0.3 is 15.1 Å². The summed E-state index contributed by atoms with van der Waals surface area (Å²) in [5, 5.41) is 10.1. The number of aromatic nitrogens is 3. The highest BCUT2D eigenvalue weighted by atomic mass is 19.3. The van der Waals surface area contributed by atoms with Crippen molar-refractivity contribution in [1.29, 1.82) is 0 Å². The molecule has 5 rings (SSSR count). The van der Waals surface area contributed by atoms with Crippen molar-refractivity contribution < 1.29 is 18.0 Å². The lowest BCUT2D eigenvalue weighted by Crippen LogP contribution is -2.21. The maximum Gasteiger partial charge on any atom is 0.284 e. The van der Waals surface area contributed by atoms with Crippen molar-refractivity contribution >= 4 is 17.4 Å². The van der Waals surface area contributed by atoms with Gasteiger partial charge in [0.05, 0.1) is 17.3 Å². The number of furan rings is 1. The van der Waals surface area contributed by atoms with Crippen LogP contribution < -0.4 is 10.6 Å². The number of amides is 1. The molecule has 0 unspecified atom stereocenters. The summed E-state index contributed by atoms with van der Waals surface area (Å²) < 4.78 is 34.7. The molecule has 36 heavy (non-hydrogen) atoms. The standard InChI is InChI=1S/C27H33F2N5O2/c1-16(2)18-5-7-21(8-6-18)34-14-22(25(33-34)26(28)29)32-27(35)20-11-23(36-15-20)19-9-10-30-24(12-19)31-13-17-3-4-17/h9-12,14-18,21,26H,3-8,13H2,1-2H3,(H,30,31)(H,32,35)/t18-,21+. The third kappa shape index (κ3) is 5.60. The number of anilines is 2. The van der Waals surface area contributed by atoms with Crippen LogP contribution in [0.5, 0.6) is 0 Å². The number of nitrogens with zero attached hydrogens (tertiary/aromatic N) is 3. The van der Waals surface area contributed by atoms with E-state index in [0.717, 1.165) is 43.6 Å². The van der Waals surface area contributed by atoms with Crippen LogP contribution in [0, 0.1) is 17.8 Å². The smallest absolute Gasteiger partial charge is 0.284 e. The van der Waals surface area contributed by atoms with Gasteiger partial charge in [-0.1, -0.05) is 13.8 Å². The van der Waals surface area contributed by atoms with Crippen molar-refractivity contribution in [2.75, 3.05) is 17.2 Å². The number of hydrogen-bond donors (Lipinski definition) is 2. The van der Waals surface area contributed by atoms with Gasteiger partial charge in [0.2, 0.25) is 0 Å². The molecule has 7 nitrogen and oxygen atoms in total. The summed E-state index contributed by atoms with van der Waals surface area (Å²) in [6.07, 6.45) is 8.17. The molecule has 2 saturated carbocycles. The zero-order valence-corrected chi connectivity index (χ0v) is 20.7. The molecule has 3 aromatic heterocycles. The molecule has 0 aromatic carbocycles. The summed E-state index contributed by atoms with van der Waals surface area (Å²) in [7, 11) is 0. The second kappa shape index (κ2) is 10.4. The Morgan fingerprint density at radius 2 is 1.94 bits per heavy atom. The van der Waals surface area contributed by atoms with Crippen LogP contribution >= 0.6 is 0 Å². The van der Waals surface area contributed by atoms with Crippen molar-refractivity contribution in [2.45, 2.75) is 64.8 Å². The molecule has 3 heterocycles. The molecule has 0 atom stereocenters. The Hall–Kier alpha value is -3.23. The monoisotopic (exact) mass is 497 g/mol. The van der Waals surface area contributed by atoms with Gasteiger partial charge in [0, 0.05) is 24.5 Å². The molecule has 2 fully saturated rings. The Bertz CT molecular complexity index is 1190. The fourth-order valence-electron chi connectivity index (χ4n) is 4.94. The quantitative estimate of drug-likeness (QED) is 0.335. The van der Waals surface area contributed by atoms with E-state index in [0.29, 0.717) is 23.5 Å². The predicted molar refractivity (Wildman–Crippen MR) is 134 cm³/mol. The topological polar surface area (TPSA) is 85.0 Å². The molecule has 9 heteroatoms. The third-order valence-corrected chi connectivity index (χ3v) is 7.45. The van der Waals surface area contributed by atoms with Crippen molar-refractivity contribution in [2.24, 2.45) is 17.8 Å². The van der Waals surface area contributed by atoms with Gasteiger partial charge in [-0.3, -0.25) is 9.48 Å². The van der Waals surface area contributed by atoms with Crippen molar-refractivity contribution in [1.82, 2.24) is 14.8 Å². The molecular formula is C27H33F2N5O2. The van der Waals surface area contributed by atoms with Gasteiger partial charge >= 0.3 is 0 Å². The number of nitrogens with one attached hydrogen (secondary N) is 2. The molecule has 1 amide bonds. The Kier molecular flexibility index (Phi) is 7.07. The van der Waals surface area contributed by atoms with Gasteiger partial charge in [0.25, 0.3) is 12.3 Å². The van der Waals surface area contributed by atoms with Crippen LogP contribution in [0.15, 0.2) is 41.3 Å². The molecule has 2 aliphatic rings. The van der Waals surface area contributed by atoms with Crippen molar-refractivity contribution in [3.8, 4) is 11.3 Å². The van der Waals surface area contributed by atoms with Crippen LogP contribution in [0.1, 0.15) is 80.9 Å². The van der Waals surface area contributed by atoms with Gasteiger partial charge in [0.1, 0.15) is 17.8 Å². The van der Waals surface area contributed by atoms with Crippen molar-refractivity contribution in [3.05, 3.63) is 48.1 Å². The number of carbonyl (C=O) groups excluding carboxylic acids is 1. The number of pyridine rings is 1. The minimum absolute atomic E-state index is 0.0409. The Morgan fingerprint density at radius 1 is 1.17 bits per heavy atom. The van der Waals surface area contributed by atoms with Gasteiger partial charge in [-0.15, -0.1) is 0 Å². The van der Waals surface area contributed by atoms with E-state index in [2.05, 4.69) is 34.6 Å². The number of carbonyl (C=O) groups is 1. The molecule has 192 valence electrons. The second-order valence-electron chi connectivity index (χ2n) is 10.4. The first-order chi connectivity index (χ1) is 17.4. The van der Waals surface area contributed by atoms with Crippen LogP contribution in [-0.2, 0) is 0 Å². The summed E-state index contributed by atoms with van der Waals surface area (Å²) >= 11 is 0. The van der Waals surface area contributed by atoms with Crippen LogP contribution in [-0.4, -0.2) is 27.2 Å². The average molecular weight is 498 g/mol. The van der Waals surface area contributed by atoms with Crippen LogP contribution in [0.4, 0.5) is 20.3 Å². The Balaban J connectivity index is 1.27. The zero-order valence-electron chi connectivity index (χ0n) is 20.7. The SMILES string of the molecule is CC(C)[C@H]1CC[C@@H](n2cc(NC(=O)c3coc(-c4ccnc(NCC5CC5)c4)c3)c(C(F)F)n2)CC1. The van der Waals surface area contributed by atoms with E-state index in [1.165, 1.54) is 19.1 Å². The Labute approximate surface area is 209 Å². The van der Waals surface area contributed by atoms with E-state index in [-0.39, 0.29) is 17.3 Å². The highest BCUT2D eigenvalue weighted by Gasteiger charge is 2.28. The molecule has 2 N–H and O–H groups in total. The summed E-state index contributed by atoms with van der Waals surface area (Å²) in [6.45, 7) is 5.34. The molecule has 3 aromatic rings. The maximum absolute atomic E-state index is 13.8. The summed E-state index contributed by atoms with van der Waals surface area (Å²) in [6, 6.07) is 5.35. The molecule has 0 spiro atoms. The largest absolute Gasteiger partial charge is 0.464 e. The predicted octanol–water partition coefficient (Wildman–Crippen LogP) is 6.94. The number of rotatable bonds is 9. The summed E-state index contributed by atoms with van der Waals surface area (Å²) in [5.41, 5.74) is 0.665. The molecule has 0 radical (unpaired) electrons. The molecule has 0 bridgehead atoms. The minimum atomic E-state index is -2.79. The first-order valence-corrected chi connectivity index (χ1v) is 12.8. The van der Waals surface area contributed by atoms with Gasteiger partial charge in [0.15, 0.2) is 5.69 Å². The number of alkyl halides is 2. The number of hydrogen-bond acceptors (Lipinski definition) is 5. The number of halogens is 2. The fraction of sp³-hybridized carbons (Fsp3) is 0.519. The lowest BCUT2D eigenvalue weighted by Gasteiger charge is -2.30. The van der Waals surface area contributed by atoms with Gasteiger partial charge in [-0.2, -0.15) is 5.10 Å². The van der Waals surface area contributed by atoms with E-state index in [4.69, 9.17) is 4.42 Å². The van der Waals surface area contributed by atoms with E-state index < -0.39 is 18.0 Å². The summed E-state index contributed by atoms with van der Waals surface area (Å²) in [5.74, 6) is 2.73. The molecule has 0 aliphatic heterocycles. The normalized spacial score (nSPS) is 20.2. The van der Waals surface area contributed by atoms with E-state index in [1.807, 2.05) is 6.07 Å². The van der Waals surface area contributed by atoms with E-state index >= 15 is 0 Å². The lowest BCUT2D eigenvalue weighted by molar-refractivity contribution is 0.102. The first kappa shape index (κ1) is 24.5. The minimum Gasteiger partial charge on any atom is -0.464 e. The van der Waals surface area contributed by atoms with Crippen LogP contribution in [0.3, 0.4) is 0 Å². The maximum atomic E-state index is 13.8. The van der Waals surface area contributed by atoms with E-state index in [9.17, 15) is 13.6 Å². The van der Waals surface area contributed by atoms with Gasteiger partial charge in [-0.25, -0.2) is 13.8 Å². The Morgan fingerprint density at radius 3 is 2.64 bits per heavy atom. The fourth-order valence-corrected chi connectivity index (χ4v) is 4.94. The highest BCUT2D eigenvalue weighted by molar-refractivity contribution is 6.04. The third-order valence-electron chi connectivity index (χ3n) is 7.45. The zero-order chi connectivity index (χ0) is 25.2. The second-order valence-corrected chi connectivity index (χ2v) is 10.4. The average Bonchev–Trinajstić information content (AvgIpc) is 3.39. The summed E-state index contributed by atoms with van der Waals surface area (Å²) in [4.78, 5) is 17.2. The van der Waals surface area contributed by atoms with E-state index in [1.54, 1.807) is 29.2 Å². The van der Waals surface area contributed by atoms with Crippen LogP contribution in [0.25, 0.3) is 11.3 Å². The lowest BCUT2D eigenvalue weighted by atomic mass is 9.80. The highest BCUT2D eigenvalue weighted by Crippen LogP contribution is 2.37. The first-order valence-electron chi connectivity index (χ1n) is 12.8. The molecule has 2 aliphatic carbocycles. The molecule has 0 saturated heterocycles. The van der Waals surface area contributed by atoms with Crippen LogP contribution in [0.2, 0.25) is 0 Å². The van der Waals surface area contributed by atoms with Crippen molar-refractivity contribution in [3.63, 3.8) is 0 Å². The van der Waals surface area contributed by atoms with Gasteiger partial charge in [-0.05, 0) is 74.5 Å².